The number of aliphatic hydroxyl groups excluding tert-OH is 1. The van der Waals surface area contributed by atoms with Crippen LogP contribution in [-0.2, 0) is 14.3 Å². The molecule has 1 atom stereocenters. The van der Waals surface area contributed by atoms with Crippen molar-refractivity contribution in [2.45, 2.75) is 19.9 Å². The first-order chi connectivity index (χ1) is 17.2. The zero-order valence-electron chi connectivity index (χ0n) is 19.5. The molecular formula is C27H22N2O7. The van der Waals surface area contributed by atoms with E-state index < -0.39 is 34.4 Å². The molecule has 3 aromatic rings. The monoisotopic (exact) mass is 486 g/mol. The summed E-state index contributed by atoms with van der Waals surface area (Å²) in [5.74, 6) is -2.97. The van der Waals surface area contributed by atoms with Crippen LogP contribution < -0.4 is 4.90 Å². The fraction of sp³-hybridized carbons (Fsp3) is 0.148. The van der Waals surface area contributed by atoms with Crippen LogP contribution >= 0.6 is 0 Å². The van der Waals surface area contributed by atoms with Crippen molar-refractivity contribution in [1.82, 2.24) is 0 Å². The molecule has 9 nitrogen and oxygen atoms in total. The predicted molar refractivity (Wildman–Crippen MR) is 131 cm³/mol. The molecule has 0 aromatic heterocycles. The largest absolute Gasteiger partial charge is 0.507 e. The van der Waals surface area contributed by atoms with Crippen molar-refractivity contribution >= 4 is 34.8 Å². The van der Waals surface area contributed by atoms with Crippen LogP contribution in [0.25, 0.3) is 5.76 Å². The molecule has 4 rings (SSSR count). The minimum atomic E-state index is -1.04. The van der Waals surface area contributed by atoms with Gasteiger partial charge in [-0.25, -0.2) is 4.79 Å². The summed E-state index contributed by atoms with van der Waals surface area (Å²) in [5, 5.41) is 22.5. The Bertz CT molecular complexity index is 1430. The van der Waals surface area contributed by atoms with Crippen molar-refractivity contribution in [3.8, 4) is 0 Å². The van der Waals surface area contributed by atoms with Gasteiger partial charge in [-0.1, -0.05) is 42.5 Å². The van der Waals surface area contributed by atoms with Crippen LogP contribution in [-0.4, -0.2) is 34.3 Å². The molecule has 182 valence electrons. The maximum atomic E-state index is 13.3. The Morgan fingerprint density at radius 3 is 2.42 bits per heavy atom. The lowest BCUT2D eigenvalue weighted by atomic mass is 9.92. The molecule has 0 spiro atoms. The molecule has 36 heavy (non-hydrogen) atoms. The van der Waals surface area contributed by atoms with Crippen LogP contribution in [0.2, 0.25) is 0 Å². The summed E-state index contributed by atoms with van der Waals surface area (Å²) in [6.45, 7) is 3.64. The Labute approximate surface area is 206 Å². The number of aliphatic hydroxyl groups is 1. The number of amides is 1. The predicted octanol–water partition coefficient (Wildman–Crippen LogP) is 4.71. The number of ether oxygens (including phenoxy) is 1. The maximum absolute atomic E-state index is 13.3. The van der Waals surface area contributed by atoms with Gasteiger partial charge >= 0.3 is 5.97 Å². The first-order valence-electron chi connectivity index (χ1n) is 11.1. The molecular weight excluding hydrogens is 464 g/mol. The van der Waals surface area contributed by atoms with E-state index in [2.05, 4.69) is 0 Å². The Hall–Kier alpha value is -4.79. The van der Waals surface area contributed by atoms with Gasteiger partial charge in [0.25, 0.3) is 17.4 Å². The van der Waals surface area contributed by atoms with Gasteiger partial charge in [-0.3, -0.25) is 24.6 Å². The zero-order valence-corrected chi connectivity index (χ0v) is 19.5. The number of aryl methyl sites for hydroxylation is 1. The molecule has 1 heterocycles. The van der Waals surface area contributed by atoms with Crippen LogP contribution in [0, 0.1) is 17.0 Å². The molecule has 1 saturated heterocycles. The van der Waals surface area contributed by atoms with E-state index in [9.17, 15) is 29.6 Å². The van der Waals surface area contributed by atoms with Gasteiger partial charge in [0.05, 0.1) is 28.7 Å². The number of nitro groups is 1. The number of ketones is 1. The van der Waals surface area contributed by atoms with Crippen LogP contribution in [0.1, 0.15) is 40.0 Å². The second-order valence-electron chi connectivity index (χ2n) is 8.10. The number of rotatable bonds is 6. The van der Waals surface area contributed by atoms with Gasteiger partial charge in [-0.2, -0.15) is 0 Å². The van der Waals surface area contributed by atoms with Crippen molar-refractivity contribution in [2.24, 2.45) is 0 Å². The van der Waals surface area contributed by atoms with Gasteiger partial charge in [0.15, 0.2) is 0 Å². The lowest BCUT2D eigenvalue weighted by Gasteiger charge is -2.27. The van der Waals surface area contributed by atoms with Crippen molar-refractivity contribution in [3.63, 3.8) is 0 Å². The van der Waals surface area contributed by atoms with Crippen LogP contribution in [0.4, 0.5) is 11.4 Å². The highest BCUT2D eigenvalue weighted by molar-refractivity contribution is 6.51. The molecule has 0 bridgehead atoms. The van der Waals surface area contributed by atoms with Gasteiger partial charge in [0, 0.05) is 23.4 Å². The second kappa shape index (κ2) is 9.83. The normalized spacial score (nSPS) is 16.7. The number of hydrogen-bond acceptors (Lipinski definition) is 7. The van der Waals surface area contributed by atoms with Crippen molar-refractivity contribution in [3.05, 3.63) is 111 Å². The SMILES string of the molecule is CCOC(=O)c1cccc(N2C(=O)C(=O)/C(=C(/O)c3cccc([N+](=O)[O-])c3)C2c2ccccc2C)c1. The highest BCUT2D eigenvalue weighted by Gasteiger charge is 2.47. The minimum Gasteiger partial charge on any atom is -0.507 e. The van der Waals surface area contributed by atoms with Gasteiger partial charge in [-0.15, -0.1) is 0 Å². The van der Waals surface area contributed by atoms with Crippen LogP contribution in [0.5, 0.6) is 0 Å². The van der Waals surface area contributed by atoms with E-state index >= 15 is 0 Å². The Kier molecular flexibility index (Phi) is 6.64. The van der Waals surface area contributed by atoms with E-state index in [0.29, 0.717) is 5.56 Å². The number of benzene rings is 3. The first-order valence-corrected chi connectivity index (χ1v) is 11.1. The average molecular weight is 486 g/mol. The van der Waals surface area contributed by atoms with Crippen LogP contribution in [0.15, 0.2) is 78.4 Å². The topological polar surface area (TPSA) is 127 Å². The van der Waals surface area contributed by atoms with E-state index in [1.165, 1.54) is 35.2 Å². The number of anilines is 1. The van der Waals surface area contributed by atoms with E-state index in [-0.39, 0.29) is 34.7 Å². The number of carbonyl (C=O) groups is 3. The fourth-order valence-corrected chi connectivity index (χ4v) is 4.21. The van der Waals surface area contributed by atoms with Crippen molar-refractivity contribution in [2.75, 3.05) is 11.5 Å². The molecule has 3 aromatic carbocycles. The van der Waals surface area contributed by atoms with E-state index in [1.807, 2.05) is 0 Å². The third-order valence-corrected chi connectivity index (χ3v) is 5.89. The smallest absolute Gasteiger partial charge is 0.338 e. The molecule has 0 saturated carbocycles. The molecule has 1 fully saturated rings. The summed E-state index contributed by atoms with van der Waals surface area (Å²) in [6, 6.07) is 17.4. The summed E-state index contributed by atoms with van der Waals surface area (Å²) in [4.78, 5) is 50.8. The highest BCUT2D eigenvalue weighted by atomic mass is 16.6. The van der Waals surface area contributed by atoms with Crippen molar-refractivity contribution in [1.29, 1.82) is 0 Å². The molecule has 1 aliphatic heterocycles. The number of hydrogen-bond donors (Lipinski definition) is 1. The lowest BCUT2D eigenvalue weighted by Crippen LogP contribution is -2.30. The number of nitro benzene ring substituents is 1. The van der Waals surface area contributed by atoms with E-state index in [0.717, 1.165) is 11.6 Å². The van der Waals surface area contributed by atoms with Crippen molar-refractivity contribution < 1.29 is 29.2 Å². The van der Waals surface area contributed by atoms with Gasteiger partial charge in [0.1, 0.15) is 5.76 Å². The Morgan fingerprint density at radius 1 is 1.03 bits per heavy atom. The summed E-state index contributed by atoms with van der Waals surface area (Å²) >= 11 is 0. The quantitative estimate of drug-likeness (QED) is 0.134. The number of nitrogens with zero attached hydrogens (tertiary/aromatic N) is 2. The molecule has 0 radical (unpaired) electrons. The third-order valence-electron chi connectivity index (χ3n) is 5.89. The first kappa shape index (κ1) is 24.3. The molecule has 1 unspecified atom stereocenters. The lowest BCUT2D eigenvalue weighted by molar-refractivity contribution is -0.384. The van der Waals surface area contributed by atoms with E-state index in [1.54, 1.807) is 50.2 Å². The number of non-ortho nitro benzene ring substituents is 1. The summed E-state index contributed by atoms with van der Waals surface area (Å²) in [7, 11) is 0. The van der Waals surface area contributed by atoms with E-state index in [4.69, 9.17) is 4.74 Å². The third kappa shape index (κ3) is 4.34. The summed E-state index contributed by atoms with van der Waals surface area (Å²) < 4.78 is 5.06. The summed E-state index contributed by atoms with van der Waals surface area (Å²) in [5.41, 5.74) is 1.32. The highest BCUT2D eigenvalue weighted by Crippen LogP contribution is 2.43. The average Bonchev–Trinajstić information content (AvgIpc) is 3.14. The number of Topliss-reactive ketones (excluding diaryl/α,β-unsaturated/α-hetero) is 1. The fourth-order valence-electron chi connectivity index (χ4n) is 4.21. The Morgan fingerprint density at radius 2 is 1.72 bits per heavy atom. The second-order valence-corrected chi connectivity index (χ2v) is 8.10. The van der Waals surface area contributed by atoms with Crippen LogP contribution in [0.3, 0.4) is 0 Å². The minimum absolute atomic E-state index is 0.0288. The number of esters is 1. The molecule has 1 amide bonds. The van der Waals surface area contributed by atoms with Gasteiger partial charge in [-0.05, 0) is 43.2 Å². The zero-order chi connectivity index (χ0) is 26.0. The number of carbonyl (C=O) groups excluding carboxylic acids is 3. The van der Waals surface area contributed by atoms with Gasteiger partial charge in [0.2, 0.25) is 0 Å². The summed E-state index contributed by atoms with van der Waals surface area (Å²) in [6.07, 6.45) is 0. The molecule has 1 aliphatic rings. The standard InChI is InChI=1S/C27H22N2O7/c1-3-36-27(33)18-10-7-11-19(15-18)28-23(21-13-5-4-8-16(21)2)22(25(31)26(28)32)24(30)17-9-6-12-20(14-17)29(34)35/h4-15,23,30H,3H2,1-2H3/b24-22+. The molecule has 0 aliphatic carbocycles. The maximum Gasteiger partial charge on any atom is 0.338 e. The molecule has 1 N–H and O–H groups in total. The van der Waals surface area contributed by atoms with Gasteiger partial charge < -0.3 is 9.84 Å². The Balaban J connectivity index is 1.94. The molecule has 9 heteroatoms.